The maximum absolute atomic E-state index is 13.1. The number of aromatic nitrogens is 1. The SMILES string of the molecule is CC(CCON=C(N)N)(C(N)=O)c1ccc(NS(=O)(=O)c2cccc(Br)c2)c(=O)n1OC(=O)C(F)(F)F. The van der Waals surface area contributed by atoms with Gasteiger partial charge in [-0.2, -0.15) is 13.2 Å². The summed E-state index contributed by atoms with van der Waals surface area (Å²) < 4.78 is 66.4. The molecule has 0 bridgehead atoms. The van der Waals surface area contributed by atoms with Crippen molar-refractivity contribution >= 4 is 49.5 Å². The number of benzene rings is 1. The first-order valence-corrected chi connectivity index (χ1v) is 12.1. The summed E-state index contributed by atoms with van der Waals surface area (Å²) in [4.78, 5) is 45.7. The number of nitrogens with zero attached hydrogens (tertiary/aromatic N) is 2. The number of amides is 1. The Morgan fingerprint density at radius 2 is 1.81 bits per heavy atom. The van der Waals surface area contributed by atoms with Crippen LogP contribution in [0.1, 0.15) is 19.0 Å². The minimum atomic E-state index is -5.55. The van der Waals surface area contributed by atoms with Crippen molar-refractivity contribution in [1.29, 1.82) is 0 Å². The second kappa shape index (κ2) is 11.1. The van der Waals surface area contributed by atoms with Gasteiger partial charge in [-0.1, -0.05) is 22.0 Å². The molecule has 37 heavy (non-hydrogen) atoms. The number of halogens is 4. The first kappa shape index (κ1) is 29.4. The van der Waals surface area contributed by atoms with Crippen LogP contribution in [0, 0.1) is 0 Å². The van der Waals surface area contributed by atoms with Crippen LogP contribution in [0.25, 0.3) is 0 Å². The van der Waals surface area contributed by atoms with Crippen LogP contribution in [0.3, 0.4) is 0 Å². The second-order valence-electron chi connectivity index (χ2n) is 7.47. The lowest BCUT2D eigenvalue weighted by Crippen LogP contribution is -2.48. The minimum absolute atomic E-state index is 0.167. The van der Waals surface area contributed by atoms with E-state index in [1.165, 1.54) is 24.3 Å². The maximum atomic E-state index is 13.1. The number of nitrogens with two attached hydrogens (primary N) is 3. The average molecular weight is 613 g/mol. The average Bonchev–Trinajstić information content (AvgIpc) is 2.78. The fourth-order valence-corrected chi connectivity index (χ4v) is 4.47. The highest BCUT2D eigenvalue weighted by atomic mass is 79.9. The smallest absolute Gasteiger partial charge is 0.393 e. The zero-order valence-electron chi connectivity index (χ0n) is 18.8. The number of rotatable bonds is 10. The lowest BCUT2D eigenvalue weighted by Gasteiger charge is -2.28. The quantitative estimate of drug-likeness (QED) is 0.125. The van der Waals surface area contributed by atoms with Gasteiger partial charge in [-0.05, 0) is 42.4 Å². The Bertz CT molecular complexity index is 1390. The summed E-state index contributed by atoms with van der Waals surface area (Å²) in [5.41, 5.74) is 10.7. The molecule has 0 aliphatic rings. The Labute approximate surface area is 215 Å². The normalized spacial score (nSPS) is 13.2. The third kappa shape index (κ3) is 7.13. The van der Waals surface area contributed by atoms with Crippen molar-refractivity contribution in [3.8, 4) is 0 Å². The van der Waals surface area contributed by atoms with Gasteiger partial charge >= 0.3 is 17.7 Å². The van der Waals surface area contributed by atoms with Crippen molar-refractivity contribution in [1.82, 2.24) is 4.73 Å². The van der Waals surface area contributed by atoms with E-state index in [1.54, 1.807) is 0 Å². The number of hydrogen-bond donors (Lipinski definition) is 4. The lowest BCUT2D eigenvalue weighted by molar-refractivity contribution is -0.200. The van der Waals surface area contributed by atoms with Crippen LogP contribution in [0.5, 0.6) is 0 Å². The molecular formula is C19H20BrF3N6O7S. The van der Waals surface area contributed by atoms with Gasteiger partial charge in [0.1, 0.15) is 12.3 Å². The third-order valence-corrected chi connectivity index (χ3v) is 6.63. The van der Waals surface area contributed by atoms with Gasteiger partial charge in [0.2, 0.25) is 11.9 Å². The molecule has 0 saturated heterocycles. The second-order valence-corrected chi connectivity index (χ2v) is 10.1. The highest BCUT2D eigenvalue weighted by molar-refractivity contribution is 9.10. The highest BCUT2D eigenvalue weighted by Crippen LogP contribution is 2.28. The van der Waals surface area contributed by atoms with Crippen LogP contribution in [0.4, 0.5) is 18.9 Å². The summed E-state index contributed by atoms with van der Waals surface area (Å²) >= 11 is 3.09. The first-order valence-electron chi connectivity index (χ1n) is 9.84. The Kier molecular flexibility index (Phi) is 8.81. The van der Waals surface area contributed by atoms with Crippen LogP contribution < -0.4 is 32.3 Å². The fraction of sp³-hybridized carbons (Fsp3) is 0.263. The molecular weight excluding hydrogens is 593 g/mol. The zero-order chi connectivity index (χ0) is 28.2. The molecule has 0 aliphatic heterocycles. The van der Waals surface area contributed by atoms with E-state index in [2.05, 4.69) is 25.9 Å². The number of alkyl halides is 3. The summed E-state index contributed by atoms with van der Waals surface area (Å²) in [6.07, 6.45) is -5.96. The summed E-state index contributed by atoms with van der Waals surface area (Å²) in [5, 5.41) is 3.23. The molecule has 1 amide bonds. The molecule has 18 heteroatoms. The molecule has 1 unspecified atom stereocenters. The van der Waals surface area contributed by atoms with Crippen LogP contribution in [-0.2, 0) is 29.9 Å². The summed E-state index contributed by atoms with van der Waals surface area (Å²) in [5.74, 6) is -4.47. The molecule has 0 saturated carbocycles. The molecule has 0 spiro atoms. The van der Waals surface area contributed by atoms with E-state index in [1.807, 2.05) is 4.72 Å². The number of sulfonamides is 1. The third-order valence-electron chi connectivity index (χ3n) is 4.77. The highest BCUT2D eigenvalue weighted by Gasteiger charge is 2.44. The predicted octanol–water partition coefficient (Wildman–Crippen LogP) is 0.267. The Morgan fingerprint density at radius 3 is 2.35 bits per heavy atom. The number of anilines is 1. The summed E-state index contributed by atoms with van der Waals surface area (Å²) in [6, 6.07) is 7.04. The predicted molar refractivity (Wildman–Crippen MR) is 126 cm³/mol. The van der Waals surface area contributed by atoms with E-state index in [-0.39, 0.29) is 9.63 Å². The van der Waals surface area contributed by atoms with Gasteiger partial charge in [-0.15, -0.1) is 4.73 Å². The van der Waals surface area contributed by atoms with Crippen molar-refractivity contribution in [3.63, 3.8) is 0 Å². The van der Waals surface area contributed by atoms with Crippen molar-refractivity contribution in [2.45, 2.75) is 29.8 Å². The number of carbonyl (C=O) groups excluding carboxylic acids is 2. The van der Waals surface area contributed by atoms with Gasteiger partial charge in [0, 0.05) is 10.9 Å². The monoisotopic (exact) mass is 612 g/mol. The van der Waals surface area contributed by atoms with E-state index in [9.17, 15) is 36.0 Å². The number of guanidine groups is 1. The Hall–Kier alpha value is -3.80. The number of oxime groups is 1. The van der Waals surface area contributed by atoms with Crippen molar-refractivity contribution in [3.05, 3.63) is 56.9 Å². The number of hydrogen-bond acceptors (Lipinski definition) is 8. The molecule has 1 aromatic heterocycles. The van der Waals surface area contributed by atoms with Crippen LogP contribution in [0.15, 0.2) is 55.7 Å². The van der Waals surface area contributed by atoms with Crippen LogP contribution in [0.2, 0.25) is 0 Å². The van der Waals surface area contributed by atoms with Gasteiger partial charge < -0.3 is 26.9 Å². The van der Waals surface area contributed by atoms with Crippen LogP contribution in [-0.4, -0.2) is 43.8 Å². The molecule has 1 atom stereocenters. The topological polar surface area (TPSA) is 211 Å². The number of nitrogens with one attached hydrogen (secondary N) is 1. The number of pyridine rings is 1. The summed E-state index contributed by atoms with van der Waals surface area (Å²) in [7, 11) is -4.43. The van der Waals surface area contributed by atoms with Crippen LogP contribution >= 0.6 is 15.9 Å². The Balaban J connectivity index is 2.64. The maximum Gasteiger partial charge on any atom is 0.493 e. The molecule has 0 fully saturated rings. The standard InChI is InChI=1S/C19H20BrF3N6O7S/c1-18(15(24)31,7-8-35-27-17(25)26)13-6-5-12(14(30)29(13)36-16(32)19(21,22)23)28-37(33,34)11-4-2-3-10(20)9-11/h2-6,9,28H,7-8H2,1H3,(H2,24,31)(H4,25,26,27). The van der Waals surface area contributed by atoms with Gasteiger partial charge in [0.25, 0.3) is 10.0 Å². The molecule has 202 valence electrons. The minimum Gasteiger partial charge on any atom is -0.393 e. The number of carbonyl (C=O) groups is 2. The van der Waals surface area contributed by atoms with Gasteiger partial charge in [-0.3, -0.25) is 14.3 Å². The van der Waals surface area contributed by atoms with Gasteiger partial charge in [-0.25, -0.2) is 13.2 Å². The molecule has 0 aliphatic carbocycles. The summed E-state index contributed by atoms with van der Waals surface area (Å²) in [6.45, 7) is 0.697. The van der Waals surface area contributed by atoms with E-state index in [4.69, 9.17) is 22.0 Å². The van der Waals surface area contributed by atoms with E-state index < -0.39 is 69.4 Å². The molecule has 1 heterocycles. The van der Waals surface area contributed by atoms with Gasteiger partial charge in [0.05, 0.1) is 16.0 Å². The fourth-order valence-electron chi connectivity index (χ4n) is 2.82. The molecule has 7 N–H and O–H groups in total. The van der Waals surface area contributed by atoms with Crippen molar-refractivity contribution in [2.75, 3.05) is 11.3 Å². The molecule has 2 aromatic rings. The van der Waals surface area contributed by atoms with Gasteiger partial charge in [0.15, 0.2) is 0 Å². The van der Waals surface area contributed by atoms with E-state index in [0.29, 0.717) is 4.47 Å². The number of primary amides is 1. The molecule has 0 radical (unpaired) electrons. The molecule has 13 nitrogen and oxygen atoms in total. The molecule has 2 rings (SSSR count). The first-order chi connectivity index (χ1) is 17.0. The molecule has 1 aromatic carbocycles. The van der Waals surface area contributed by atoms with E-state index >= 15 is 0 Å². The van der Waals surface area contributed by atoms with Crippen molar-refractivity contribution in [2.24, 2.45) is 22.4 Å². The lowest BCUT2D eigenvalue weighted by atomic mass is 9.82. The largest absolute Gasteiger partial charge is 0.493 e. The zero-order valence-corrected chi connectivity index (χ0v) is 21.2. The Morgan fingerprint density at radius 1 is 1.16 bits per heavy atom. The van der Waals surface area contributed by atoms with Crippen molar-refractivity contribution < 1.29 is 40.9 Å². The van der Waals surface area contributed by atoms with E-state index in [0.717, 1.165) is 19.1 Å².